The van der Waals surface area contributed by atoms with E-state index in [9.17, 15) is 24.9 Å². The van der Waals surface area contributed by atoms with Gasteiger partial charge < -0.3 is 34.1 Å². The van der Waals surface area contributed by atoms with Gasteiger partial charge in [-0.2, -0.15) is 0 Å². The van der Waals surface area contributed by atoms with Gasteiger partial charge in [-0.05, 0) is 55.8 Å². The first-order valence-corrected chi connectivity index (χ1v) is 23.1. The molecule has 1 fully saturated rings. The molecule has 0 saturated carbocycles. The monoisotopic (exact) mass is 944 g/mol. The largest absolute Gasteiger partial charge is 0.459 e. The fourth-order valence-corrected chi connectivity index (χ4v) is 9.13. The highest BCUT2D eigenvalue weighted by Gasteiger charge is 2.50. The average molecular weight is 945 g/mol. The number of rotatable bonds is 16. The van der Waals surface area contributed by atoms with Crippen molar-refractivity contribution in [3.63, 3.8) is 0 Å². The van der Waals surface area contributed by atoms with Crippen molar-refractivity contribution in [3.05, 3.63) is 214 Å². The number of carbonyl (C=O) groups excluding carboxylic acids is 2. The predicted molar refractivity (Wildman–Crippen MR) is 257 cm³/mol. The average Bonchev–Trinajstić information content (AvgIpc) is 4.01. The van der Waals surface area contributed by atoms with Crippen molar-refractivity contribution in [3.8, 4) is 22.5 Å². The third-order valence-electron chi connectivity index (χ3n) is 12.3. The van der Waals surface area contributed by atoms with Crippen LogP contribution in [0.15, 0.2) is 170 Å². The molecule has 1 aliphatic rings. The Kier molecular flexibility index (Phi) is 14.2. The van der Waals surface area contributed by atoms with Crippen molar-refractivity contribution in [1.29, 1.82) is 0 Å². The molecule has 1 saturated heterocycles. The third kappa shape index (κ3) is 9.45. The minimum absolute atomic E-state index is 0.123. The molecule has 8 aromatic rings. The van der Waals surface area contributed by atoms with Crippen LogP contribution in [0.5, 0.6) is 0 Å². The number of imidazole rings is 1. The Balaban J connectivity index is 1.01. The van der Waals surface area contributed by atoms with Crippen LogP contribution in [0.2, 0.25) is 5.15 Å². The molecule has 6 aromatic carbocycles. The molecule has 14 nitrogen and oxygen atoms in total. The van der Waals surface area contributed by atoms with Gasteiger partial charge in [-0.1, -0.05) is 195 Å². The lowest BCUT2D eigenvalue weighted by atomic mass is 9.77. The summed E-state index contributed by atoms with van der Waals surface area (Å²) in [6, 6.07) is 55.3. The van der Waals surface area contributed by atoms with E-state index < -0.39 is 48.2 Å². The van der Waals surface area contributed by atoms with Crippen molar-refractivity contribution in [2.24, 2.45) is 0 Å². The van der Waals surface area contributed by atoms with Gasteiger partial charge in [0.25, 0.3) is 0 Å². The number of nitrogens with zero attached hydrogens (tertiary/aromatic N) is 6. The molecule has 0 unspecified atom stereocenters. The van der Waals surface area contributed by atoms with Crippen molar-refractivity contribution >= 4 is 23.5 Å². The lowest BCUT2D eigenvalue weighted by Crippen LogP contribution is -2.60. The number of aliphatic hydroxyl groups excluding tert-OH is 3. The van der Waals surface area contributed by atoms with Crippen LogP contribution in [0.25, 0.3) is 22.5 Å². The van der Waals surface area contributed by atoms with E-state index in [0.29, 0.717) is 23.6 Å². The van der Waals surface area contributed by atoms with E-state index >= 15 is 0 Å². The first-order valence-electron chi connectivity index (χ1n) is 22.7. The molecule has 3 N–H and O–H groups in total. The Hall–Kier alpha value is -7.33. The Bertz CT molecular complexity index is 2890. The standard InChI is InChI=1S/C54H49ClN6O8/c1-2-3-28-43-56-49(55)44(51(65)69-53-47(64)45(62)46(63)48(68-53)52(66)67-34-36-18-8-4-9-19-36)60(43)33-35-29-31-37(32-30-35)41-26-16-17-27-42(41)50-57-58-59-61(50)54(38-20-10-5-11-21-38,39-22-12-6-13-23-39)40-24-14-7-15-25-40/h4-27,29-32,45-48,53,62-64H,2-3,28,33-34H2,1H3/t45-,46-,47+,48-,53+/m0/s1. The molecule has 69 heavy (non-hydrogen) atoms. The van der Waals surface area contributed by atoms with Crippen LogP contribution in [0.4, 0.5) is 0 Å². The molecule has 0 bridgehead atoms. The minimum Gasteiger partial charge on any atom is -0.459 e. The van der Waals surface area contributed by atoms with E-state index in [1.165, 1.54) is 0 Å². The van der Waals surface area contributed by atoms with E-state index in [-0.39, 0.29) is 24.0 Å². The van der Waals surface area contributed by atoms with Crippen LogP contribution < -0.4 is 0 Å². The zero-order chi connectivity index (χ0) is 47.9. The Morgan fingerprint density at radius 3 is 1.86 bits per heavy atom. The first kappa shape index (κ1) is 46.8. The number of halogens is 1. The van der Waals surface area contributed by atoms with Crippen LogP contribution in [0.1, 0.15) is 63.9 Å². The lowest BCUT2D eigenvalue weighted by Gasteiger charge is -2.38. The highest BCUT2D eigenvalue weighted by molar-refractivity contribution is 6.32. The van der Waals surface area contributed by atoms with Crippen molar-refractivity contribution < 1.29 is 39.1 Å². The number of ether oxygens (including phenoxy) is 3. The fraction of sp³-hybridized carbons (Fsp3) is 0.222. The van der Waals surface area contributed by atoms with Crippen LogP contribution >= 0.6 is 11.6 Å². The van der Waals surface area contributed by atoms with E-state index in [1.54, 1.807) is 28.8 Å². The smallest absolute Gasteiger partial charge is 0.360 e. The second-order valence-electron chi connectivity index (χ2n) is 16.7. The molecule has 0 aliphatic carbocycles. The van der Waals surface area contributed by atoms with Crippen molar-refractivity contribution in [2.75, 3.05) is 0 Å². The Morgan fingerprint density at radius 1 is 0.696 bits per heavy atom. The lowest BCUT2D eigenvalue weighted by molar-refractivity contribution is -0.280. The topological polar surface area (TPSA) is 184 Å². The highest BCUT2D eigenvalue weighted by Crippen LogP contribution is 2.43. The molecule has 3 heterocycles. The summed E-state index contributed by atoms with van der Waals surface area (Å²) in [5, 5.41) is 45.9. The SMILES string of the molecule is CCCCc1nc(Cl)c(C(=O)O[C@H]2O[C@H](C(=O)OCc3ccccc3)[C@@H](O)[C@H](O)[C@H]2O)n1Cc1ccc(-c2ccccc2-c2nnnn2C(c2ccccc2)(c2ccccc2)c2ccccc2)cc1. The minimum atomic E-state index is -1.92. The second kappa shape index (κ2) is 20.9. The first-order chi connectivity index (χ1) is 33.7. The van der Waals surface area contributed by atoms with Gasteiger partial charge in [-0.15, -0.1) is 5.10 Å². The number of hydrogen-bond acceptors (Lipinski definition) is 12. The molecule has 350 valence electrons. The summed E-state index contributed by atoms with van der Waals surface area (Å²) in [7, 11) is 0. The number of esters is 2. The molecule has 9 rings (SSSR count). The fourth-order valence-electron chi connectivity index (χ4n) is 8.86. The van der Waals surface area contributed by atoms with E-state index in [2.05, 4.69) is 46.6 Å². The molecule has 0 amide bonds. The number of aromatic nitrogens is 6. The molecule has 1 aliphatic heterocycles. The second-order valence-corrected chi connectivity index (χ2v) is 17.1. The highest BCUT2D eigenvalue weighted by atomic mass is 35.5. The predicted octanol–water partition coefficient (Wildman–Crippen LogP) is 7.80. The van der Waals surface area contributed by atoms with Gasteiger partial charge in [0.1, 0.15) is 36.3 Å². The number of aliphatic hydroxyl groups is 3. The number of carbonyl (C=O) groups is 2. The molecular weight excluding hydrogens is 896 g/mol. The summed E-state index contributed by atoms with van der Waals surface area (Å²) in [6.07, 6.45) is -7.27. The van der Waals surface area contributed by atoms with E-state index in [4.69, 9.17) is 36.1 Å². The van der Waals surface area contributed by atoms with Gasteiger partial charge in [0, 0.05) is 18.5 Å². The quantitative estimate of drug-likeness (QED) is 0.0632. The van der Waals surface area contributed by atoms with Gasteiger partial charge in [-0.25, -0.2) is 19.3 Å². The van der Waals surface area contributed by atoms with Gasteiger partial charge in [-0.3, -0.25) is 0 Å². The number of hydrogen-bond donors (Lipinski definition) is 3. The van der Waals surface area contributed by atoms with Crippen LogP contribution in [-0.2, 0) is 44.1 Å². The number of tetrazole rings is 1. The normalized spacial score (nSPS) is 18.1. The van der Waals surface area contributed by atoms with Crippen molar-refractivity contribution in [2.45, 2.75) is 75.6 Å². The third-order valence-corrected chi connectivity index (χ3v) is 12.6. The summed E-state index contributed by atoms with van der Waals surface area (Å²) < 4.78 is 20.1. The molecule has 2 aromatic heterocycles. The summed E-state index contributed by atoms with van der Waals surface area (Å²) in [4.78, 5) is 31.7. The van der Waals surface area contributed by atoms with Gasteiger partial charge in [0.05, 0.1) is 0 Å². The van der Waals surface area contributed by atoms with Gasteiger partial charge in [0.2, 0.25) is 6.29 Å². The summed E-state index contributed by atoms with van der Waals surface area (Å²) >= 11 is 6.69. The molecule has 15 heteroatoms. The Labute approximate surface area is 403 Å². The van der Waals surface area contributed by atoms with Crippen LogP contribution in [-0.4, -0.2) is 87.7 Å². The van der Waals surface area contributed by atoms with Crippen molar-refractivity contribution in [1.82, 2.24) is 29.8 Å². The van der Waals surface area contributed by atoms with E-state index in [0.717, 1.165) is 51.8 Å². The summed E-state index contributed by atoms with van der Waals surface area (Å²) in [6.45, 7) is 2.05. The Morgan fingerprint density at radius 2 is 1.26 bits per heavy atom. The van der Waals surface area contributed by atoms with Gasteiger partial charge >= 0.3 is 11.9 Å². The molecule has 0 spiro atoms. The molecule has 5 atom stereocenters. The zero-order valence-corrected chi connectivity index (χ0v) is 38.3. The number of aryl methyl sites for hydroxylation is 1. The maximum atomic E-state index is 14.1. The maximum Gasteiger partial charge on any atom is 0.360 e. The number of benzene rings is 6. The number of unbranched alkanes of at least 4 members (excludes halogenated alkanes) is 1. The summed E-state index contributed by atoms with van der Waals surface area (Å²) in [5.74, 6) is -0.975. The maximum absolute atomic E-state index is 14.1. The van der Waals surface area contributed by atoms with Gasteiger partial charge in [0.15, 0.2) is 22.8 Å². The zero-order valence-electron chi connectivity index (χ0n) is 37.5. The summed E-state index contributed by atoms with van der Waals surface area (Å²) in [5.41, 5.74) is 5.86. The molecule has 0 radical (unpaired) electrons. The van der Waals surface area contributed by atoms with E-state index in [1.807, 2.05) is 121 Å². The molecular formula is C54H49ClN6O8. The van der Waals surface area contributed by atoms with Crippen LogP contribution in [0, 0.1) is 0 Å². The van der Waals surface area contributed by atoms with Crippen LogP contribution in [0.3, 0.4) is 0 Å².